The third-order valence-corrected chi connectivity index (χ3v) is 7.17. The number of nitrogens with one attached hydrogen (secondary N) is 1. The van der Waals surface area contributed by atoms with Gasteiger partial charge in [0.2, 0.25) is 0 Å². The molecule has 1 aliphatic rings. The van der Waals surface area contributed by atoms with Crippen molar-refractivity contribution in [2.24, 2.45) is 0 Å². The Morgan fingerprint density at radius 1 is 1.05 bits per heavy atom. The zero-order valence-electron chi connectivity index (χ0n) is 21.2. The second-order valence-electron chi connectivity index (χ2n) is 9.02. The van der Waals surface area contributed by atoms with Gasteiger partial charge in [-0.05, 0) is 54.4 Å². The van der Waals surface area contributed by atoms with Gasteiger partial charge in [-0.2, -0.15) is 0 Å². The molecule has 0 spiro atoms. The first-order valence-corrected chi connectivity index (χ1v) is 13.3. The summed E-state index contributed by atoms with van der Waals surface area (Å²) in [6.07, 6.45) is -1.35. The van der Waals surface area contributed by atoms with Crippen molar-refractivity contribution in [3.8, 4) is 5.75 Å². The van der Waals surface area contributed by atoms with E-state index in [1.807, 2.05) is 42.5 Å². The van der Waals surface area contributed by atoms with Crippen LogP contribution in [0, 0.1) is 0 Å². The molecule has 200 valence electrons. The number of phenols is 1. The van der Waals surface area contributed by atoms with E-state index in [9.17, 15) is 19.8 Å². The molecule has 3 N–H and O–H groups in total. The summed E-state index contributed by atoms with van der Waals surface area (Å²) >= 11 is 1.63. The fourth-order valence-electron chi connectivity index (χ4n) is 4.06. The monoisotopic (exact) mass is 537 g/mol. The van der Waals surface area contributed by atoms with Crippen molar-refractivity contribution >= 4 is 29.3 Å². The maximum atomic E-state index is 12.4. The minimum absolute atomic E-state index is 0.0297. The molecule has 4 unspecified atom stereocenters. The lowest BCUT2D eigenvalue weighted by atomic mass is 10.0. The first-order chi connectivity index (χ1) is 18.3. The van der Waals surface area contributed by atoms with E-state index in [1.54, 1.807) is 42.1 Å². The van der Waals surface area contributed by atoms with E-state index in [4.69, 9.17) is 14.2 Å². The van der Waals surface area contributed by atoms with Crippen LogP contribution in [0.2, 0.25) is 0 Å². The Kier molecular flexibility index (Phi) is 9.41. The molecule has 0 bridgehead atoms. The van der Waals surface area contributed by atoms with Crippen molar-refractivity contribution in [3.63, 3.8) is 0 Å². The van der Waals surface area contributed by atoms with Crippen LogP contribution in [0.4, 0.5) is 5.69 Å². The van der Waals surface area contributed by atoms with Gasteiger partial charge in [-0.15, -0.1) is 11.8 Å². The van der Waals surface area contributed by atoms with Crippen LogP contribution in [0.3, 0.4) is 0 Å². The van der Waals surface area contributed by atoms with E-state index in [2.05, 4.69) is 5.32 Å². The van der Waals surface area contributed by atoms with Crippen molar-refractivity contribution in [3.05, 3.63) is 89.5 Å². The lowest BCUT2D eigenvalue weighted by Gasteiger charge is -2.36. The molecule has 38 heavy (non-hydrogen) atoms. The molecule has 0 saturated carbocycles. The molecule has 8 nitrogen and oxygen atoms in total. The Labute approximate surface area is 225 Å². The number of thioether (sulfide) groups is 1. The average molecular weight is 538 g/mol. The molecule has 4 atom stereocenters. The molecule has 0 aliphatic carbocycles. The fourth-order valence-corrected chi connectivity index (χ4v) is 4.99. The molecule has 0 radical (unpaired) electrons. The largest absolute Gasteiger partial charge is 0.508 e. The number of anilines is 1. The van der Waals surface area contributed by atoms with Gasteiger partial charge in [-0.3, -0.25) is 9.59 Å². The summed E-state index contributed by atoms with van der Waals surface area (Å²) in [6, 6.07) is 21.9. The molecule has 3 aromatic rings. The highest BCUT2D eigenvalue weighted by molar-refractivity contribution is 7.99. The summed E-state index contributed by atoms with van der Waals surface area (Å²) in [6.45, 7) is 2.74. The molecular weight excluding hydrogens is 506 g/mol. The number of ether oxygens (including phenoxy) is 3. The molecule has 0 aromatic heterocycles. The lowest BCUT2D eigenvalue weighted by Crippen LogP contribution is -2.31. The van der Waals surface area contributed by atoms with Crippen LogP contribution in [-0.4, -0.2) is 40.1 Å². The van der Waals surface area contributed by atoms with Crippen molar-refractivity contribution in [2.75, 3.05) is 11.1 Å². The number of hydrogen-bond donors (Lipinski definition) is 3. The lowest BCUT2D eigenvalue weighted by molar-refractivity contribution is -0.245. The standard InChI is InChI=1S/C29H31NO7S/c1-18(35-19(2)32)28(34)30-23-5-3-4-22(14-23)29-36-25(17-38-26-12-10-24(33)11-13-26)15-27(37-29)21-8-6-20(16-31)7-9-21/h3-14,18,25,27,29,31,33H,15-17H2,1-2H3,(H,30,34). The molecule has 1 saturated heterocycles. The normalized spacial score (nSPS) is 19.9. The van der Waals surface area contributed by atoms with E-state index in [0.717, 1.165) is 21.6 Å². The van der Waals surface area contributed by atoms with Gasteiger partial charge in [-0.1, -0.05) is 36.4 Å². The summed E-state index contributed by atoms with van der Waals surface area (Å²) in [5.74, 6) is -0.0727. The number of amides is 1. The van der Waals surface area contributed by atoms with Gasteiger partial charge in [-0.25, -0.2) is 0 Å². The predicted octanol–water partition coefficient (Wildman–Crippen LogP) is 5.11. The van der Waals surface area contributed by atoms with Gasteiger partial charge in [0.1, 0.15) is 5.75 Å². The van der Waals surface area contributed by atoms with E-state index in [0.29, 0.717) is 17.9 Å². The number of carbonyl (C=O) groups excluding carboxylic acids is 2. The van der Waals surface area contributed by atoms with Crippen molar-refractivity contribution in [1.29, 1.82) is 0 Å². The van der Waals surface area contributed by atoms with Gasteiger partial charge in [0.25, 0.3) is 5.91 Å². The number of phenolic OH excluding ortho intramolecular Hbond substituents is 1. The Hall–Kier alpha value is -3.37. The van der Waals surface area contributed by atoms with Crippen LogP contribution in [0.15, 0.2) is 77.7 Å². The van der Waals surface area contributed by atoms with Crippen LogP contribution in [0.1, 0.15) is 49.4 Å². The van der Waals surface area contributed by atoms with Gasteiger partial charge in [0.05, 0.1) is 18.8 Å². The van der Waals surface area contributed by atoms with Gasteiger partial charge < -0.3 is 29.7 Å². The summed E-state index contributed by atoms with van der Waals surface area (Å²) in [7, 11) is 0. The number of aromatic hydroxyl groups is 1. The van der Waals surface area contributed by atoms with E-state index >= 15 is 0 Å². The quantitative estimate of drug-likeness (QED) is 0.255. The molecule has 1 amide bonds. The molecule has 9 heteroatoms. The summed E-state index contributed by atoms with van der Waals surface area (Å²) < 4.78 is 17.7. The molecule has 4 rings (SSSR count). The average Bonchev–Trinajstić information content (AvgIpc) is 2.92. The Balaban J connectivity index is 1.52. The Morgan fingerprint density at radius 2 is 1.79 bits per heavy atom. The first kappa shape index (κ1) is 27.7. The number of esters is 1. The van der Waals surface area contributed by atoms with Crippen LogP contribution in [0.5, 0.6) is 5.75 Å². The minimum Gasteiger partial charge on any atom is -0.508 e. The molecule has 1 heterocycles. The smallest absolute Gasteiger partial charge is 0.303 e. The second kappa shape index (κ2) is 12.9. The van der Waals surface area contributed by atoms with Crippen molar-refractivity contribution in [2.45, 2.75) is 56.4 Å². The Morgan fingerprint density at radius 3 is 2.47 bits per heavy atom. The molecule has 1 fully saturated rings. The number of rotatable bonds is 9. The van der Waals surface area contributed by atoms with Crippen LogP contribution >= 0.6 is 11.8 Å². The van der Waals surface area contributed by atoms with Crippen LogP contribution < -0.4 is 5.32 Å². The van der Waals surface area contributed by atoms with Gasteiger partial charge >= 0.3 is 5.97 Å². The number of aliphatic hydroxyl groups is 1. The highest BCUT2D eigenvalue weighted by atomic mass is 32.2. The van der Waals surface area contributed by atoms with Crippen LogP contribution in [-0.2, 0) is 30.4 Å². The highest BCUT2D eigenvalue weighted by Crippen LogP contribution is 2.40. The number of benzene rings is 3. The SMILES string of the molecule is CC(=O)OC(C)C(=O)Nc1cccc(C2OC(CSc3ccc(O)cc3)CC(c3ccc(CO)cc3)O2)c1. The summed E-state index contributed by atoms with van der Waals surface area (Å²) in [5.41, 5.74) is 3.07. The second-order valence-corrected chi connectivity index (χ2v) is 10.1. The maximum Gasteiger partial charge on any atom is 0.303 e. The third-order valence-electron chi connectivity index (χ3n) is 6.03. The Bertz CT molecular complexity index is 1230. The topological polar surface area (TPSA) is 114 Å². The number of hydrogen-bond acceptors (Lipinski definition) is 8. The summed E-state index contributed by atoms with van der Waals surface area (Å²) in [4.78, 5) is 24.6. The van der Waals surface area contributed by atoms with Gasteiger partial charge in [0, 0.05) is 35.2 Å². The maximum absolute atomic E-state index is 12.4. The zero-order chi connectivity index (χ0) is 27.1. The molecular formula is C29H31NO7S. The molecule has 1 aliphatic heterocycles. The summed E-state index contributed by atoms with van der Waals surface area (Å²) in [5, 5.41) is 21.7. The van der Waals surface area contributed by atoms with Crippen molar-refractivity contribution in [1.82, 2.24) is 0 Å². The van der Waals surface area contributed by atoms with E-state index in [-0.39, 0.29) is 24.6 Å². The fraction of sp³-hybridized carbons (Fsp3) is 0.310. The minimum atomic E-state index is -0.925. The van der Waals surface area contributed by atoms with Crippen LogP contribution in [0.25, 0.3) is 0 Å². The first-order valence-electron chi connectivity index (χ1n) is 12.3. The number of carbonyl (C=O) groups is 2. The zero-order valence-corrected chi connectivity index (χ0v) is 22.0. The highest BCUT2D eigenvalue weighted by Gasteiger charge is 2.32. The molecule has 3 aromatic carbocycles. The predicted molar refractivity (Wildman–Crippen MR) is 144 cm³/mol. The van der Waals surface area contributed by atoms with E-state index in [1.165, 1.54) is 13.8 Å². The third kappa shape index (κ3) is 7.58. The van der Waals surface area contributed by atoms with Gasteiger partial charge in [0.15, 0.2) is 12.4 Å². The van der Waals surface area contributed by atoms with Crippen molar-refractivity contribution < 1.29 is 34.0 Å². The number of aliphatic hydroxyl groups excluding tert-OH is 1. The van der Waals surface area contributed by atoms with E-state index < -0.39 is 24.3 Å².